The number of fused-ring (bicyclic) bond motifs is 1. The first-order valence-corrected chi connectivity index (χ1v) is 7.19. The van der Waals surface area contributed by atoms with E-state index in [1.165, 1.54) is 0 Å². The first-order chi connectivity index (χ1) is 10.7. The number of anilines is 2. The summed E-state index contributed by atoms with van der Waals surface area (Å²) in [6, 6.07) is 0. The molecular weight excluding hydrogens is 284 g/mol. The summed E-state index contributed by atoms with van der Waals surface area (Å²) in [4.78, 5) is 8.43. The SMILES string of the molecule is CCCCNc1nc(N)nc2cn(Cc3nnc(C)o3)nc12. The number of aryl methyl sites for hydroxylation is 1. The fourth-order valence-corrected chi connectivity index (χ4v) is 2.11. The maximum Gasteiger partial charge on any atom is 0.237 e. The van der Waals surface area contributed by atoms with Gasteiger partial charge in [-0.2, -0.15) is 10.1 Å². The van der Waals surface area contributed by atoms with Crippen molar-refractivity contribution in [2.75, 3.05) is 17.6 Å². The summed E-state index contributed by atoms with van der Waals surface area (Å²) in [6.45, 7) is 5.08. The van der Waals surface area contributed by atoms with Gasteiger partial charge in [-0.1, -0.05) is 13.3 Å². The van der Waals surface area contributed by atoms with Gasteiger partial charge in [-0.3, -0.25) is 4.68 Å². The van der Waals surface area contributed by atoms with Gasteiger partial charge in [0.2, 0.25) is 17.7 Å². The minimum absolute atomic E-state index is 0.222. The monoisotopic (exact) mass is 302 g/mol. The number of nitrogens with one attached hydrogen (secondary N) is 1. The van der Waals surface area contributed by atoms with Gasteiger partial charge in [-0.05, 0) is 6.42 Å². The van der Waals surface area contributed by atoms with Crippen molar-refractivity contribution >= 4 is 22.8 Å². The minimum atomic E-state index is 0.222. The van der Waals surface area contributed by atoms with Crippen LogP contribution in [0.1, 0.15) is 31.5 Å². The quantitative estimate of drug-likeness (QED) is 0.655. The van der Waals surface area contributed by atoms with E-state index in [2.05, 4.69) is 37.5 Å². The molecule has 3 heterocycles. The van der Waals surface area contributed by atoms with Crippen LogP contribution in [-0.4, -0.2) is 36.5 Å². The predicted octanol–water partition coefficient (Wildman–Crippen LogP) is 1.36. The van der Waals surface area contributed by atoms with E-state index in [0.29, 0.717) is 35.2 Å². The molecule has 0 saturated carbocycles. The Hall–Kier alpha value is -2.71. The molecule has 0 fully saturated rings. The molecule has 22 heavy (non-hydrogen) atoms. The lowest BCUT2D eigenvalue weighted by Crippen LogP contribution is -2.06. The molecule has 116 valence electrons. The number of unbranched alkanes of at least 4 members (excludes halogenated alkanes) is 1. The highest BCUT2D eigenvalue weighted by Crippen LogP contribution is 2.20. The van der Waals surface area contributed by atoms with Gasteiger partial charge < -0.3 is 15.5 Å². The van der Waals surface area contributed by atoms with Crippen LogP contribution in [0.2, 0.25) is 0 Å². The van der Waals surface area contributed by atoms with Crippen LogP contribution in [0.5, 0.6) is 0 Å². The number of hydrogen-bond acceptors (Lipinski definition) is 8. The van der Waals surface area contributed by atoms with E-state index in [4.69, 9.17) is 10.2 Å². The molecular formula is C13H18N8O. The highest BCUT2D eigenvalue weighted by molar-refractivity contribution is 5.85. The number of rotatable bonds is 6. The van der Waals surface area contributed by atoms with E-state index in [-0.39, 0.29) is 5.95 Å². The summed E-state index contributed by atoms with van der Waals surface area (Å²) in [5.74, 6) is 1.89. The normalized spacial score (nSPS) is 11.2. The van der Waals surface area contributed by atoms with Gasteiger partial charge in [0.05, 0.1) is 6.20 Å². The molecule has 9 nitrogen and oxygen atoms in total. The molecule has 0 aromatic carbocycles. The third-order valence-corrected chi connectivity index (χ3v) is 3.12. The third-order valence-electron chi connectivity index (χ3n) is 3.12. The fraction of sp³-hybridized carbons (Fsp3) is 0.462. The van der Waals surface area contributed by atoms with Gasteiger partial charge in [-0.25, -0.2) is 4.98 Å². The molecule has 3 rings (SSSR count). The largest absolute Gasteiger partial charge is 0.424 e. The zero-order chi connectivity index (χ0) is 15.5. The van der Waals surface area contributed by atoms with Crippen LogP contribution in [0.25, 0.3) is 11.0 Å². The molecule has 0 amide bonds. The molecule has 0 radical (unpaired) electrons. The van der Waals surface area contributed by atoms with Gasteiger partial charge in [0.15, 0.2) is 11.3 Å². The second-order valence-electron chi connectivity index (χ2n) is 4.99. The molecule has 0 atom stereocenters. The van der Waals surface area contributed by atoms with Gasteiger partial charge in [0.25, 0.3) is 0 Å². The predicted molar refractivity (Wildman–Crippen MR) is 81.3 cm³/mol. The molecule has 0 aliphatic rings. The van der Waals surface area contributed by atoms with Crippen molar-refractivity contribution in [2.45, 2.75) is 33.2 Å². The Morgan fingerprint density at radius 3 is 2.91 bits per heavy atom. The van der Waals surface area contributed by atoms with Gasteiger partial charge >= 0.3 is 0 Å². The minimum Gasteiger partial charge on any atom is -0.424 e. The average molecular weight is 302 g/mol. The second-order valence-corrected chi connectivity index (χ2v) is 4.99. The first-order valence-electron chi connectivity index (χ1n) is 7.19. The van der Waals surface area contributed by atoms with Crippen molar-refractivity contribution in [2.24, 2.45) is 0 Å². The Bertz CT molecular complexity index is 778. The van der Waals surface area contributed by atoms with E-state index in [0.717, 1.165) is 19.4 Å². The molecule has 0 spiro atoms. The fourth-order valence-electron chi connectivity index (χ4n) is 2.11. The van der Waals surface area contributed by atoms with Crippen molar-refractivity contribution in [3.8, 4) is 0 Å². The summed E-state index contributed by atoms with van der Waals surface area (Å²) in [5, 5.41) is 15.5. The van der Waals surface area contributed by atoms with Gasteiger partial charge in [0.1, 0.15) is 12.1 Å². The van der Waals surface area contributed by atoms with Crippen LogP contribution in [0.3, 0.4) is 0 Å². The molecule has 0 aliphatic heterocycles. The Kier molecular flexibility index (Phi) is 3.86. The number of nitrogen functional groups attached to an aromatic ring is 1. The summed E-state index contributed by atoms with van der Waals surface area (Å²) in [5.41, 5.74) is 7.12. The van der Waals surface area contributed by atoms with Crippen molar-refractivity contribution < 1.29 is 4.42 Å². The Morgan fingerprint density at radius 1 is 1.32 bits per heavy atom. The van der Waals surface area contributed by atoms with Crippen LogP contribution >= 0.6 is 0 Å². The Balaban J connectivity index is 1.89. The number of nitrogens with zero attached hydrogens (tertiary/aromatic N) is 6. The Labute approximate surface area is 126 Å². The topological polar surface area (TPSA) is 121 Å². The zero-order valence-corrected chi connectivity index (χ0v) is 12.6. The van der Waals surface area contributed by atoms with E-state index in [1.54, 1.807) is 17.8 Å². The van der Waals surface area contributed by atoms with Crippen molar-refractivity contribution in [1.82, 2.24) is 29.9 Å². The van der Waals surface area contributed by atoms with Crippen molar-refractivity contribution in [1.29, 1.82) is 0 Å². The van der Waals surface area contributed by atoms with Crippen molar-refractivity contribution in [3.63, 3.8) is 0 Å². The summed E-state index contributed by atoms with van der Waals surface area (Å²) in [6.07, 6.45) is 3.94. The Morgan fingerprint density at radius 2 is 2.18 bits per heavy atom. The average Bonchev–Trinajstić information content (AvgIpc) is 3.05. The molecule has 0 bridgehead atoms. The maximum absolute atomic E-state index is 5.75. The number of nitrogens with two attached hydrogens (primary N) is 1. The zero-order valence-electron chi connectivity index (χ0n) is 12.6. The van der Waals surface area contributed by atoms with E-state index >= 15 is 0 Å². The molecule has 9 heteroatoms. The lowest BCUT2D eigenvalue weighted by Gasteiger charge is -2.05. The third kappa shape index (κ3) is 2.97. The van der Waals surface area contributed by atoms with E-state index in [1.807, 2.05) is 0 Å². The van der Waals surface area contributed by atoms with Crippen LogP contribution < -0.4 is 11.1 Å². The molecule has 0 aliphatic carbocycles. The summed E-state index contributed by atoms with van der Waals surface area (Å²) in [7, 11) is 0. The standard InChI is InChI=1S/C13H18N8O/c1-3-4-5-15-12-11-9(16-13(14)17-12)6-21(20-11)7-10-19-18-8(2)22-10/h6H,3-5,7H2,1-2H3,(H3,14,15,16,17). The second kappa shape index (κ2) is 5.96. The number of aromatic nitrogens is 6. The summed E-state index contributed by atoms with van der Waals surface area (Å²) < 4.78 is 7.05. The molecule has 3 N–H and O–H groups in total. The van der Waals surface area contributed by atoms with Crippen molar-refractivity contribution in [3.05, 3.63) is 18.0 Å². The first kappa shape index (κ1) is 14.2. The van der Waals surface area contributed by atoms with Gasteiger partial charge in [0, 0.05) is 13.5 Å². The molecule has 0 saturated heterocycles. The highest BCUT2D eigenvalue weighted by Gasteiger charge is 2.12. The van der Waals surface area contributed by atoms with E-state index < -0.39 is 0 Å². The summed E-state index contributed by atoms with van der Waals surface area (Å²) >= 11 is 0. The molecule has 0 unspecified atom stereocenters. The van der Waals surface area contributed by atoms with E-state index in [9.17, 15) is 0 Å². The number of hydrogen-bond donors (Lipinski definition) is 2. The highest BCUT2D eigenvalue weighted by atomic mass is 16.4. The van der Waals surface area contributed by atoms with Gasteiger partial charge in [-0.15, -0.1) is 10.2 Å². The maximum atomic E-state index is 5.75. The lowest BCUT2D eigenvalue weighted by molar-refractivity contribution is 0.445. The van der Waals surface area contributed by atoms with Crippen LogP contribution in [0.15, 0.2) is 10.6 Å². The smallest absolute Gasteiger partial charge is 0.237 e. The van der Waals surface area contributed by atoms with Crippen LogP contribution in [-0.2, 0) is 6.54 Å². The van der Waals surface area contributed by atoms with Crippen LogP contribution in [0, 0.1) is 6.92 Å². The van der Waals surface area contributed by atoms with Crippen LogP contribution in [0.4, 0.5) is 11.8 Å². The lowest BCUT2D eigenvalue weighted by atomic mass is 10.3. The molecule has 3 aromatic heterocycles. The molecule has 3 aromatic rings.